The van der Waals surface area contributed by atoms with Gasteiger partial charge in [0.1, 0.15) is 12.3 Å². The molecule has 5 rings (SSSR count). The van der Waals surface area contributed by atoms with Gasteiger partial charge in [0.05, 0.1) is 12.0 Å². The van der Waals surface area contributed by atoms with E-state index in [9.17, 15) is 4.79 Å². The lowest BCUT2D eigenvalue weighted by Gasteiger charge is -2.20. The topological polar surface area (TPSA) is 137 Å². The third-order valence-corrected chi connectivity index (χ3v) is 6.38. The van der Waals surface area contributed by atoms with Gasteiger partial charge in [-0.15, -0.1) is 0 Å². The van der Waals surface area contributed by atoms with Crippen molar-refractivity contribution in [2.45, 2.75) is 33.2 Å². The molecular formula is C27H30N8O2. The molecule has 0 radical (unpaired) electrons. The molecule has 0 saturated heterocycles. The summed E-state index contributed by atoms with van der Waals surface area (Å²) in [6.45, 7) is 5.27. The first-order chi connectivity index (χ1) is 17.9. The SMILES string of the molecule is Cc1cc(N)cc(C)c1Oc1nc(Nc2ccc(N)cc2)nc2c1CCN(C(=O)Cn1ccnc1)CC2. The normalized spacial score (nSPS) is 13.1. The number of aromatic nitrogens is 4. The predicted molar refractivity (Wildman–Crippen MR) is 143 cm³/mol. The maximum absolute atomic E-state index is 13.0. The molecule has 0 unspecified atom stereocenters. The zero-order chi connectivity index (χ0) is 25.9. The molecule has 1 aliphatic heterocycles. The van der Waals surface area contributed by atoms with Crippen molar-refractivity contribution in [3.05, 3.63) is 77.5 Å². The summed E-state index contributed by atoms with van der Waals surface area (Å²) in [5.74, 6) is 1.64. The first-order valence-electron chi connectivity index (χ1n) is 12.2. The lowest BCUT2D eigenvalue weighted by Crippen LogP contribution is -2.35. The highest BCUT2D eigenvalue weighted by molar-refractivity contribution is 5.76. The third kappa shape index (κ3) is 5.48. The smallest absolute Gasteiger partial charge is 0.242 e. The number of imidazole rings is 1. The number of hydrogen-bond acceptors (Lipinski definition) is 8. The Morgan fingerprint density at radius 1 is 1.03 bits per heavy atom. The fourth-order valence-corrected chi connectivity index (χ4v) is 4.53. The fraction of sp³-hybridized carbons (Fsp3) is 0.259. The number of hydrogen-bond donors (Lipinski definition) is 3. The summed E-state index contributed by atoms with van der Waals surface area (Å²) < 4.78 is 8.22. The second-order valence-corrected chi connectivity index (χ2v) is 9.23. The monoisotopic (exact) mass is 498 g/mol. The van der Waals surface area contributed by atoms with Crippen molar-refractivity contribution in [2.75, 3.05) is 29.9 Å². The van der Waals surface area contributed by atoms with Crippen LogP contribution in [0.1, 0.15) is 22.4 Å². The number of carbonyl (C=O) groups is 1. The van der Waals surface area contributed by atoms with Crippen molar-refractivity contribution >= 4 is 28.9 Å². The molecule has 5 N–H and O–H groups in total. The first-order valence-corrected chi connectivity index (χ1v) is 12.2. The molecule has 0 bridgehead atoms. The van der Waals surface area contributed by atoms with Crippen molar-refractivity contribution in [1.82, 2.24) is 24.4 Å². The van der Waals surface area contributed by atoms with Gasteiger partial charge in [-0.1, -0.05) is 0 Å². The Hall–Kier alpha value is -4.60. The molecule has 2 aromatic heterocycles. The molecule has 190 valence electrons. The summed E-state index contributed by atoms with van der Waals surface area (Å²) in [7, 11) is 0. The summed E-state index contributed by atoms with van der Waals surface area (Å²) in [6, 6.07) is 11.1. The van der Waals surface area contributed by atoms with E-state index in [-0.39, 0.29) is 12.5 Å². The van der Waals surface area contributed by atoms with E-state index in [4.69, 9.17) is 26.2 Å². The molecule has 1 aliphatic rings. The standard InChI is InChI=1S/C27H30N8O2/c1-17-13-20(29)14-18(2)25(17)37-26-22-7-10-35(24(36)15-34-12-9-30-16-34)11-8-23(22)32-27(33-26)31-21-5-3-19(28)4-6-21/h3-6,9,12-14,16H,7-8,10-11,15,28-29H2,1-2H3,(H,31,32,33). The van der Waals surface area contributed by atoms with Gasteiger partial charge >= 0.3 is 0 Å². The van der Waals surface area contributed by atoms with E-state index in [2.05, 4.69) is 10.3 Å². The van der Waals surface area contributed by atoms with Gasteiger partial charge in [-0.05, 0) is 67.8 Å². The number of amides is 1. The van der Waals surface area contributed by atoms with Crippen LogP contribution >= 0.6 is 0 Å². The van der Waals surface area contributed by atoms with Crippen molar-refractivity contribution in [3.63, 3.8) is 0 Å². The number of rotatable bonds is 6. The van der Waals surface area contributed by atoms with E-state index in [1.807, 2.05) is 55.1 Å². The van der Waals surface area contributed by atoms with Gasteiger partial charge in [0.2, 0.25) is 17.7 Å². The maximum atomic E-state index is 13.0. The van der Waals surface area contributed by atoms with Crippen LogP contribution in [0.2, 0.25) is 0 Å². The molecule has 0 spiro atoms. The van der Waals surface area contributed by atoms with Crippen LogP contribution in [0, 0.1) is 13.8 Å². The zero-order valence-electron chi connectivity index (χ0n) is 20.9. The van der Waals surface area contributed by atoms with E-state index in [1.165, 1.54) is 0 Å². The average molecular weight is 499 g/mol. The molecule has 4 aromatic rings. The molecule has 1 amide bonds. The van der Waals surface area contributed by atoms with E-state index in [1.54, 1.807) is 23.3 Å². The van der Waals surface area contributed by atoms with Gasteiger partial charge in [0.15, 0.2) is 0 Å². The fourth-order valence-electron chi connectivity index (χ4n) is 4.53. The minimum absolute atomic E-state index is 0.0340. The summed E-state index contributed by atoms with van der Waals surface area (Å²) in [5.41, 5.74) is 17.6. The van der Waals surface area contributed by atoms with E-state index in [0.29, 0.717) is 54.9 Å². The minimum atomic E-state index is 0.0340. The molecule has 3 heterocycles. The molecule has 2 aromatic carbocycles. The summed E-state index contributed by atoms with van der Waals surface area (Å²) in [5, 5.41) is 3.26. The molecule has 0 aliphatic carbocycles. The van der Waals surface area contributed by atoms with Crippen LogP contribution in [0.4, 0.5) is 23.0 Å². The van der Waals surface area contributed by atoms with Gasteiger partial charge in [-0.3, -0.25) is 4.79 Å². The first kappa shape index (κ1) is 24.1. The molecule has 0 atom stereocenters. The number of nitrogens with zero attached hydrogens (tertiary/aromatic N) is 5. The number of nitrogens with two attached hydrogens (primary N) is 2. The molecular weight excluding hydrogens is 468 g/mol. The van der Waals surface area contributed by atoms with Crippen LogP contribution in [0.3, 0.4) is 0 Å². The predicted octanol–water partition coefficient (Wildman–Crippen LogP) is 3.62. The lowest BCUT2D eigenvalue weighted by molar-refractivity contribution is -0.131. The van der Waals surface area contributed by atoms with Crippen molar-refractivity contribution in [3.8, 4) is 11.6 Å². The Kier molecular flexibility index (Phi) is 6.63. The minimum Gasteiger partial charge on any atom is -0.438 e. The van der Waals surface area contributed by atoms with Crippen LogP contribution < -0.4 is 21.5 Å². The molecule has 0 saturated carbocycles. The second-order valence-electron chi connectivity index (χ2n) is 9.23. The van der Waals surface area contributed by atoms with Crippen molar-refractivity contribution in [1.29, 1.82) is 0 Å². The van der Waals surface area contributed by atoms with E-state index >= 15 is 0 Å². The number of nitrogen functional groups attached to an aromatic ring is 2. The number of ether oxygens (including phenoxy) is 1. The Morgan fingerprint density at radius 2 is 1.76 bits per heavy atom. The zero-order valence-corrected chi connectivity index (χ0v) is 20.9. The van der Waals surface area contributed by atoms with Gasteiger partial charge in [0, 0.05) is 54.5 Å². The second kappa shape index (κ2) is 10.2. The summed E-state index contributed by atoms with van der Waals surface area (Å²) >= 11 is 0. The Bertz CT molecular complexity index is 1390. The van der Waals surface area contributed by atoms with Gasteiger partial charge in [0.25, 0.3) is 0 Å². The van der Waals surface area contributed by atoms with Crippen LogP contribution in [-0.2, 0) is 24.2 Å². The van der Waals surface area contributed by atoms with Crippen molar-refractivity contribution in [2.24, 2.45) is 0 Å². The summed E-state index contributed by atoms with van der Waals surface area (Å²) in [4.78, 5) is 28.4. The average Bonchev–Trinajstić information content (AvgIpc) is 3.27. The highest BCUT2D eigenvalue weighted by Gasteiger charge is 2.25. The highest BCUT2D eigenvalue weighted by Crippen LogP contribution is 2.34. The molecule has 10 heteroatoms. The molecule has 37 heavy (non-hydrogen) atoms. The van der Waals surface area contributed by atoms with Crippen LogP contribution in [0.15, 0.2) is 55.1 Å². The third-order valence-electron chi connectivity index (χ3n) is 6.38. The van der Waals surface area contributed by atoms with Gasteiger partial charge in [-0.25, -0.2) is 9.97 Å². The largest absolute Gasteiger partial charge is 0.438 e. The maximum Gasteiger partial charge on any atom is 0.242 e. The van der Waals surface area contributed by atoms with E-state index in [0.717, 1.165) is 28.1 Å². The Morgan fingerprint density at radius 3 is 2.46 bits per heavy atom. The summed E-state index contributed by atoms with van der Waals surface area (Å²) in [6.07, 6.45) is 6.26. The van der Waals surface area contributed by atoms with E-state index < -0.39 is 0 Å². The highest BCUT2D eigenvalue weighted by atomic mass is 16.5. The number of carbonyl (C=O) groups excluding carboxylic acids is 1. The quantitative estimate of drug-likeness (QED) is 0.343. The van der Waals surface area contributed by atoms with Gasteiger partial charge < -0.3 is 31.0 Å². The molecule has 0 fully saturated rings. The number of nitrogens with one attached hydrogen (secondary N) is 1. The molecule has 10 nitrogen and oxygen atoms in total. The van der Waals surface area contributed by atoms with Gasteiger partial charge in [-0.2, -0.15) is 4.98 Å². The van der Waals surface area contributed by atoms with Crippen LogP contribution in [0.25, 0.3) is 0 Å². The van der Waals surface area contributed by atoms with Crippen LogP contribution in [-0.4, -0.2) is 43.4 Å². The Labute approximate surface area is 215 Å². The number of fused-ring (bicyclic) bond motifs is 1. The lowest BCUT2D eigenvalue weighted by atomic mass is 10.1. The number of benzene rings is 2. The van der Waals surface area contributed by atoms with Crippen LogP contribution in [0.5, 0.6) is 11.6 Å². The number of anilines is 4. The van der Waals surface area contributed by atoms with Crippen molar-refractivity contribution < 1.29 is 9.53 Å². The Balaban J connectivity index is 1.46. The number of aryl methyl sites for hydroxylation is 2.